The fourth-order valence-corrected chi connectivity index (χ4v) is 2.39. The quantitative estimate of drug-likeness (QED) is 0.726. The van der Waals surface area contributed by atoms with Gasteiger partial charge in [0, 0.05) is 43.4 Å². The highest BCUT2D eigenvalue weighted by atomic mass is 16.2. The third-order valence-corrected chi connectivity index (χ3v) is 3.50. The summed E-state index contributed by atoms with van der Waals surface area (Å²) < 4.78 is 0. The molecule has 114 valence electrons. The number of pyridine rings is 2. The minimum atomic E-state index is -0.00157. The Bertz CT molecular complexity index is 704. The van der Waals surface area contributed by atoms with Crippen LogP contribution in [0.5, 0.6) is 0 Å². The molecule has 0 aliphatic heterocycles. The molecule has 2 aromatic heterocycles. The van der Waals surface area contributed by atoms with Crippen LogP contribution in [0, 0.1) is 0 Å². The predicted octanol–water partition coefficient (Wildman–Crippen LogP) is 3.32. The van der Waals surface area contributed by atoms with Crippen molar-refractivity contribution in [2.45, 2.75) is 13.1 Å². The standard InChI is InChI=1S/C19H17N3O/c23-19(18-8-2-1-3-9-18)22(14-16-6-4-10-20-12-16)15-17-7-5-11-21-13-17/h1-13H,14-15H2. The van der Waals surface area contributed by atoms with Crippen LogP contribution in [0.15, 0.2) is 79.4 Å². The second kappa shape index (κ2) is 7.31. The molecule has 0 atom stereocenters. The summed E-state index contributed by atoms with van der Waals surface area (Å²) >= 11 is 0. The largest absolute Gasteiger partial charge is 0.330 e. The molecule has 0 unspecified atom stereocenters. The van der Waals surface area contributed by atoms with Crippen molar-refractivity contribution >= 4 is 5.91 Å². The lowest BCUT2D eigenvalue weighted by molar-refractivity contribution is 0.0729. The number of rotatable bonds is 5. The number of hydrogen-bond donors (Lipinski definition) is 0. The number of carbonyl (C=O) groups excluding carboxylic acids is 1. The van der Waals surface area contributed by atoms with Gasteiger partial charge in [0.15, 0.2) is 0 Å². The Kier molecular flexibility index (Phi) is 4.74. The van der Waals surface area contributed by atoms with Crippen molar-refractivity contribution in [3.05, 3.63) is 96.1 Å². The van der Waals surface area contributed by atoms with E-state index in [4.69, 9.17) is 0 Å². The van der Waals surface area contributed by atoms with Crippen molar-refractivity contribution < 1.29 is 4.79 Å². The Morgan fingerprint density at radius 1 is 0.783 bits per heavy atom. The van der Waals surface area contributed by atoms with Crippen molar-refractivity contribution in [2.75, 3.05) is 0 Å². The van der Waals surface area contributed by atoms with Crippen LogP contribution in [0.4, 0.5) is 0 Å². The van der Waals surface area contributed by atoms with Gasteiger partial charge < -0.3 is 4.90 Å². The summed E-state index contributed by atoms with van der Waals surface area (Å²) in [5.41, 5.74) is 2.68. The maximum absolute atomic E-state index is 12.8. The maximum atomic E-state index is 12.8. The van der Waals surface area contributed by atoms with E-state index in [9.17, 15) is 4.79 Å². The van der Waals surface area contributed by atoms with Gasteiger partial charge in [-0.05, 0) is 35.4 Å². The van der Waals surface area contributed by atoms with Gasteiger partial charge >= 0.3 is 0 Å². The molecule has 0 spiro atoms. The van der Waals surface area contributed by atoms with Gasteiger partial charge in [-0.1, -0.05) is 30.3 Å². The smallest absolute Gasteiger partial charge is 0.254 e. The number of hydrogen-bond acceptors (Lipinski definition) is 3. The van der Waals surface area contributed by atoms with Gasteiger partial charge in [0.2, 0.25) is 0 Å². The number of carbonyl (C=O) groups is 1. The van der Waals surface area contributed by atoms with Crippen molar-refractivity contribution in [1.29, 1.82) is 0 Å². The zero-order valence-electron chi connectivity index (χ0n) is 12.7. The van der Waals surface area contributed by atoms with Gasteiger partial charge in [0.25, 0.3) is 5.91 Å². The molecule has 0 fully saturated rings. The molecule has 0 aliphatic rings. The van der Waals surface area contributed by atoms with E-state index in [1.165, 1.54) is 0 Å². The molecule has 1 aromatic carbocycles. The van der Waals surface area contributed by atoms with Gasteiger partial charge in [0.1, 0.15) is 0 Å². The van der Waals surface area contributed by atoms with E-state index in [2.05, 4.69) is 9.97 Å². The Morgan fingerprint density at radius 3 is 1.83 bits per heavy atom. The average molecular weight is 303 g/mol. The second-order valence-corrected chi connectivity index (χ2v) is 5.25. The molecule has 0 saturated heterocycles. The Morgan fingerprint density at radius 2 is 1.35 bits per heavy atom. The molecule has 0 radical (unpaired) electrons. The number of nitrogens with zero attached hydrogens (tertiary/aromatic N) is 3. The van der Waals surface area contributed by atoms with E-state index in [0.29, 0.717) is 18.7 Å². The van der Waals surface area contributed by atoms with Crippen molar-refractivity contribution in [2.24, 2.45) is 0 Å². The molecule has 23 heavy (non-hydrogen) atoms. The second-order valence-electron chi connectivity index (χ2n) is 5.25. The Balaban J connectivity index is 1.85. The molecular weight excluding hydrogens is 286 g/mol. The molecule has 0 aliphatic carbocycles. The van der Waals surface area contributed by atoms with Crippen LogP contribution in [0.25, 0.3) is 0 Å². The van der Waals surface area contributed by atoms with E-state index < -0.39 is 0 Å². The van der Waals surface area contributed by atoms with Crippen LogP contribution in [0.3, 0.4) is 0 Å². The molecule has 0 saturated carbocycles. The molecule has 0 N–H and O–H groups in total. The van der Waals surface area contributed by atoms with Gasteiger partial charge in [-0.25, -0.2) is 0 Å². The van der Waals surface area contributed by atoms with Crippen LogP contribution in [0.2, 0.25) is 0 Å². The summed E-state index contributed by atoms with van der Waals surface area (Å²) in [4.78, 5) is 22.9. The average Bonchev–Trinajstić information content (AvgIpc) is 2.63. The lowest BCUT2D eigenvalue weighted by atomic mass is 10.1. The summed E-state index contributed by atoms with van der Waals surface area (Å²) in [6.07, 6.45) is 7.03. The van der Waals surface area contributed by atoms with Crippen LogP contribution < -0.4 is 0 Å². The molecule has 4 heteroatoms. The van der Waals surface area contributed by atoms with Crippen LogP contribution in [-0.2, 0) is 13.1 Å². The van der Waals surface area contributed by atoms with Crippen LogP contribution in [-0.4, -0.2) is 20.8 Å². The first-order valence-corrected chi connectivity index (χ1v) is 7.45. The predicted molar refractivity (Wildman–Crippen MR) is 88.5 cm³/mol. The zero-order chi connectivity index (χ0) is 15.9. The summed E-state index contributed by atoms with van der Waals surface area (Å²) in [5.74, 6) is -0.00157. The molecule has 4 nitrogen and oxygen atoms in total. The van der Waals surface area contributed by atoms with Crippen LogP contribution >= 0.6 is 0 Å². The fraction of sp³-hybridized carbons (Fsp3) is 0.105. The summed E-state index contributed by atoms with van der Waals surface area (Å²) in [6.45, 7) is 1.02. The molecule has 3 rings (SSSR count). The molecule has 3 aromatic rings. The first kappa shape index (κ1) is 14.9. The highest BCUT2D eigenvalue weighted by molar-refractivity contribution is 5.94. The monoisotopic (exact) mass is 303 g/mol. The fourth-order valence-electron chi connectivity index (χ4n) is 2.39. The Hall–Kier alpha value is -3.01. The summed E-state index contributed by atoms with van der Waals surface area (Å²) in [7, 11) is 0. The first-order chi connectivity index (χ1) is 11.3. The molecule has 2 heterocycles. The number of aromatic nitrogens is 2. The van der Waals surface area contributed by atoms with Crippen molar-refractivity contribution in [3.63, 3.8) is 0 Å². The van der Waals surface area contributed by atoms with E-state index >= 15 is 0 Å². The lowest BCUT2D eigenvalue weighted by Crippen LogP contribution is -2.30. The van der Waals surface area contributed by atoms with E-state index in [0.717, 1.165) is 11.1 Å². The number of benzene rings is 1. The van der Waals surface area contributed by atoms with Crippen molar-refractivity contribution in [3.8, 4) is 0 Å². The first-order valence-electron chi connectivity index (χ1n) is 7.45. The van der Waals surface area contributed by atoms with E-state index in [1.54, 1.807) is 24.8 Å². The highest BCUT2D eigenvalue weighted by Gasteiger charge is 2.16. The minimum absolute atomic E-state index is 0.00157. The minimum Gasteiger partial charge on any atom is -0.330 e. The van der Waals surface area contributed by atoms with Gasteiger partial charge in [0.05, 0.1) is 0 Å². The van der Waals surface area contributed by atoms with Crippen molar-refractivity contribution in [1.82, 2.24) is 14.9 Å². The third kappa shape index (κ3) is 4.01. The zero-order valence-corrected chi connectivity index (χ0v) is 12.7. The van der Waals surface area contributed by atoms with Gasteiger partial charge in [-0.3, -0.25) is 14.8 Å². The van der Waals surface area contributed by atoms with E-state index in [1.807, 2.05) is 59.5 Å². The summed E-state index contributed by atoms with van der Waals surface area (Å²) in [6, 6.07) is 17.0. The van der Waals surface area contributed by atoms with Crippen LogP contribution in [0.1, 0.15) is 21.5 Å². The SMILES string of the molecule is O=C(c1ccccc1)N(Cc1cccnc1)Cc1cccnc1. The normalized spacial score (nSPS) is 10.3. The molecule has 0 bridgehead atoms. The third-order valence-electron chi connectivity index (χ3n) is 3.50. The number of amides is 1. The van der Waals surface area contributed by atoms with Gasteiger partial charge in [-0.2, -0.15) is 0 Å². The lowest BCUT2D eigenvalue weighted by Gasteiger charge is -2.23. The van der Waals surface area contributed by atoms with Gasteiger partial charge in [-0.15, -0.1) is 0 Å². The Labute approximate surface area is 135 Å². The summed E-state index contributed by atoms with van der Waals surface area (Å²) in [5, 5.41) is 0. The topological polar surface area (TPSA) is 46.1 Å². The highest BCUT2D eigenvalue weighted by Crippen LogP contribution is 2.13. The molecule has 1 amide bonds. The van der Waals surface area contributed by atoms with E-state index in [-0.39, 0.29) is 5.91 Å². The maximum Gasteiger partial charge on any atom is 0.254 e. The molecular formula is C19H17N3O.